The Morgan fingerprint density at radius 3 is 2.60 bits per heavy atom. The summed E-state index contributed by atoms with van der Waals surface area (Å²) < 4.78 is 10.7. The first-order chi connectivity index (χ1) is 9.38. The number of nitrogens with one attached hydrogen (secondary N) is 1. The molecule has 0 saturated heterocycles. The van der Waals surface area contributed by atoms with Crippen molar-refractivity contribution in [2.45, 2.75) is 20.0 Å². The molecule has 0 aromatic carbocycles. The molecule has 0 atom stereocenters. The molecule has 0 spiro atoms. The highest BCUT2D eigenvalue weighted by Gasteiger charge is 2.23. The Morgan fingerprint density at radius 2 is 2.10 bits per heavy atom. The van der Waals surface area contributed by atoms with Gasteiger partial charge in [-0.15, -0.1) is 11.3 Å². The Labute approximate surface area is 123 Å². The molecule has 6 nitrogen and oxygen atoms in total. The van der Waals surface area contributed by atoms with Crippen LogP contribution in [0.2, 0.25) is 0 Å². The van der Waals surface area contributed by atoms with Gasteiger partial charge in [0, 0.05) is 27.7 Å². The number of ether oxygens (including phenoxy) is 2. The van der Waals surface area contributed by atoms with E-state index in [0.29, 0.717) is 29.5 Å². The van der Waals surface area contributed by atoms with Crippen LogP contribution >= 0.6 is 11.3 Å². The van der Waals surface area contributed by atoms with Crippen LogP contribution in [0.5, 0.6) is 5.75 Å². The van der Waals surface area contributed by atoms with E-state index in [4.69, 9.17) is 15.2 Å². The van der Waals surface area contributed by atoms with Crippen molar-refractivity contribution >= 4 is 27.9 Å². The van der Waals surface area contributed by atoms with Crippen molar-refractivity contribution in [1.82, 2.24) is 4.90 Å². The number of carbonyl (C=O) groups is 1. The average Bonchev–Trinajstić information content (AvgIpc) is 2.66. The lowest BCUT2D eigenvalue weighted by molar-refractivity contribution is 0.0832. The SMILES string of the molecule is COCCNc1sc(C(=O)N(C)C)c(N)c1OC(C)C. The molecule has 0 aliphatic carbocycles. The molecule has 1 amide bonds. The van der Waals surface area contributed by atoms with Gasteiger partial charge in [0.2, 0.25) is 0 Å². The zero-order valence-corrected chi connectivity index (χ0v) is 13.5. The second-order valence-electron chi connectivity index (χ2n) is 4.79. The molecule has 0 unspecified atom stereocenters. The third-order valence-corrected chi connectivity index (χ3v) is 3.58. The van der Waals surface area contributed by atoms with Crippen LogP contribution in [0.4, 0.5) is 10.7 Å². The number of methoxy groups -OCH3 is 1. The number of anilines is 2. The van der Waals surface area contributed by atoms with Gasteiger partial charge in [0.1, 0.15) is 15.6 Å². The molecule has 3 N–H and O–H groups in total. The van der Waals surface area contributed by atoms with E-state index in [1.807, 2.05) is 13.8 Å². The topological polar surface area (TPSA) is 76.8 Å². The van der Waals surface area contributed by atoms with Crippen molar-refractivity contribution in [3.8, 4) is 5.75 Å². The first kappa shape index (κ1) is 16.6. The van der Waals surface area contributed by atoms with Crippen LogP contribution in [-0.2, 0) is 4.74 Å². The molecule has 0 fully saturated rings. The molecule has 0 saturated carbocycles. The molecule has 114 valence electrons. The van der Waals surface area contributed by atoms with E-state index < -0.39 is 0 Å². The Hall–Kier alpha value is -1.47. The quantitative estimate of drug-likeness (QED) is 0.752. The van der Waals surface area contributed by atoms with Crippen LogP contribution < -0.4 is 15.8 Å². The number of amides is 1. The highest BCUT2D eigenvalue weighted by Crippen LogP contribution is 2.43. The molecule has 1 heterocycles. The van der Waals surface area contributed by atoms with Gasteiger partial charge in [0.25, 0.3) is 5.91 Å². The van der Waals surface area contributed by atoms with Crippen LogP contribution in [-0.4, -0.2) is 51.3 Å². The Bertz CT molecular complexity index is 458. The third kappa shape index (κ3) is 4.01. The predicted molar refractivity (Wildman–Crippen MR) is 82.9 cm³/mol. The van der Waals surface area contributed by atoms with Gasteiger partial charge in [-0.2, -0.15) is 0 Å². The summed E-state index contributed by atoms with van der Waals surface area (Å²) in [5.41, 5.74) is 6.45. The number of nitrogens with two attached hydrogens (primary N) is 1. The third-order valence-electron chi connectivity index (χ3n) is 2.45. The molecule has 7 heteroatoms. The van der Waals surface area contributed by atoms with Gasteiger partial charge < -0.3 is 25.4 Å². The van der Waals surface area contributed by atoms with Crippen LogP contribution in [0.3, 0.4) is 0 Å². The number of thiophene rings is 1. The molecular formula is C13H23N3O3S. The predicted octanol–water partition coefficient (Wildman–Crippen LogP) is 1.88. The van der Waals surface area contributed by atoms with Gasteiger partial charge in [-0.1, -0.05) is 0 Å². The summed E-state index contributed by atoms with van der Waals surface area (Å²) >= 11 is 1.31. The van der Waals surface area contributed by atoms with Crippen LogP contribution in [0.25, 0.3) is 0 Å². The van der Waals surface area contributed by atoms with Crippen LogP contribution in [0, 0.1) is 0 Å². The minimum absolute atomic E-state index is 0.0165. The fourth-order valence-electron chi connectivity index (χ4n) is 1.53. The lowest BCUT2D eigenvalue weighted by Crippen LogP contribution is -2.21. The van der Waals surface area contributed by atoms with Gasteiger partial charge >= 0.3 is 0 Å². The molecule has 1 rings (SSSR count). The number of nitrogen functional groups attached to an aromatic ring is 1. The molecule has 0 aliphatic heterocycles. The molecule has 1 aromatic rings. The van der Waals surface area contributed by atoms with Crippen molar-refractivity contribution < 1.29 is 14.3 Å². The minimum atomic E-state index is -0.124. The standard InChI is InChI=1S/C13H23N3O3S/c1-8(2)19-10-9(14)11(13(17)16(3)4)20-12(10)15-6-7-18-5/h8,15H,6-7,14H2,1-5H3. The maximum atomic E-state index is 12.1. The van der Waals surface area contributed by atoms with Crippen LogP contribution in [0.15, 0.2) is 0 Å². The zero-order chi connectivity index (χ0) is 15.3. The number of nitrogens with zero attached hydrogens (tertiary/aromatic N) is 1. The Morgan fingerprint density at radius 1 is 1.45 bits per heavy atom. The maximum absolute atomic E-state index is 12.1. The van der Waals surface area contributed by atoms with Crippen LogP contribution in [0.1, 0.15) is 23.5 Å². The summed E-state index contributed by atoms with van der Waals surface area (Å²) in [6, 6.07) is 0. The molecule has 0 aliphatic rings. The van der Waals surface area contributed by atoms with Crippen molar-refractivity contribution in [2.24, 2.45) is 0 Å². The van der Waals surface area contributed by atoms with E-state index in [1.54, 1.807) is 21.2 Å². The number of carbonyl (C=O) groups excluding carboxylic acids is 1. The summed E-state index contributed by atoms with van der Waals surface area (Å²) in [5.74, 6) is 0.423. The lowest BCUT2D eigenvalue weighted by atomic mass is 10.3. The van der Waals surface area contributed by atoms with Crippen molar-refractivity contribution in [3.63, 3.8) is 0 Å². The van der Waals surface area contributed by atoms with E-state index in [1.165, 1.54) is 16.2 Å². The van der Waals surface area contributed by atoms with E-state index in [9.17, 15) is 4.79 Å². The van der Waals surface area contributed by atoms with E-state index in [-0.39, 0.29) is 12.0 Å². The van der Waals surface area contributed by atoms with E-state index in [0.717, 1.165) is 5.00 Å². The molecule has 0 radical (unpaired) electrons. The Kier molecular flexibility index (Phi) is 6.09. The second kappa shape index (κ2) is 7.35. The Balaban J connectivity index is 3.06. The minimum Gasteiger partial charge on any atom is -0.486 e. The molecule has 1 aromatic heterocycles. The lowest BCUT2D eigenvalue weighted by Gasteiger charge is -2.12. The van der Waals surface area contributed by atoms with Gasteiger partial charge in [0.05, 0.1) is 12.7 Å². The summed E-state index contributed by atoms with van der Waals surface area (Å²) in [4.78, 5) is 14.1. The highest BCUT2D eigenvalue weighted by molar-refractivity contribution is 7.19. The first-order valence-electron chi connectivity index (χ1n) is 6.41. The number of hydrogen-bond acceptors (Lipinski definition) is 6. The maximum Gasteiger partial charge on any atom is 0.265 e. The van der Waals surface area contributed by atoms with Gasteiger partial charge in [-0.05, 0) is 13.8 Å². The van der Waals surface area contributed by atoms with Crippen molar-refractivity contribution in [3.05, 3.63) is 4.88 Å². The van der Waals surface area contributed by atoms with Gasteiger partial charge in [-0.25, -0.2) is 0 Å². The molecule has 20 heavy (non-hydrogen) atoms. The summed E-state index contributed by atoms with van der Waals surface area (Å²) in [6.45, 7) is 5.03. The average molecular weight is 301 g/mol. The summed E-state index contributed by atoms with van der Waals surface area (Å²) in [7, 11) is 5.03. The first-order valence-corrected chi connectivity index (χ1v) is 7.23. The van der Waals surface area contributed by atoms with Gasteiger partial charge in [-0.3, -0.25) is 4.79 Å². The summed E-state index contributed by atoms with van der Waals surface area (Å²) in [6.07, 6.45) is -0.0165. The van der Waals surface area contributed by atoms with E-state index >= 15 is 0 Å². The fraction of sp³-hybridized carbons (Fsp3) is 0.615. The zero-order valence-electron chi connectivity index (χ0n) is 12.6. The summed E-state index contributed by atoms with van der Waals surface area (Å²) in [5, 5.41) is 3.95. The number of hydrogen-bond donors (Lipinski definition) is 2. The largest absolute Gasteiger partial charge is 0.486 e. The van der Waals surface area contributed by atoms with Crippen molar-refractivity contribution in [1.29, 1.82) is 0 Å². The van der Waals surface area contributed by atoms with Gasteiger partial charge in [0.15, 0.2) is 5.75 Å². The normalized spacial score (nSPS) is 10.7. The molecular weight excluding hydrogens is 278 g/mol. The van der Waals surface area contributed by atoms with Crippen molar-refractivity contribution in [2.75, 3.05) is 45.4 Å². The van der Waals surface area contributed by atoms with E-state index in [2.05, 4.69) is 5.32 Å². The smallest absolute Gasteiger partial charge is 0.265 e. The second-order valence-corrected chi connectivity index (χ2v) is 5.81. The monoisotopic (exact) mass is 301 g/mol. The molecule has 0 bridgehead atoms. The fourth-order valence-corrected chi connectivity index (χ4v) is 2.63. The highest BCUT2D eigenvalue weighted by atomic mass is 32.1. The number of rotatable bonds is 7.